The number of hydrogen-bond acceptors (Lipinski definition) is 5. The summed E-state index contributed by atoms with van der Waals surface area (Å²) in [5, 5.41) is 9.55. The first-order chi connectivity index (χ1) is 6.91. The number of thiazole rings is 1. The highest BCUT2D eigenvalue weighted by atomic mass is 32.1. The number of amides is 1. The topological polar surface area (TPSA) is 79.5 Å². The fraction of sp³-hybridized carbons (Fsp3) is 0.556. The first-order valence-corrected chi connectivity index (χ1v) is 5.40. The summed E-state index contributed by atoms with van der Waals surface area (Å²) < 4.78 is 0. The summed E-state index contributed by atoms with van der Waals surface area (Å²) in [7, 11) is 1.64. The van der Waals surface area contributed by atoms with E-state index in [-0.39, 0.29) is 5.91 Å². The summed E-state index contributed by atoms with van der Waals surface area (Å²) in [4.78, 5) is 17.8. The van der Waals surface area contributed by atoms with E-state index in [1.54, 1.807) is 20.9 Å². The van der Waals surface area contributed by atoms with Crippen molar-refractivity contribution in [3.63, 3.8) is 0 Å². The smallest absolute Gasteiger partial charge is 0.265 e. The number of aliphatic hydroxyl groups excluding tert-OH is 1. The molecule has 0 saturated heterocycles. The minimum absolute atomic E-state index is 0.150. The molecule has 0 aromatic carbocycles. The summed E-state index contributed by atoms with van der Waals surface area (Å²) >= 11 is 1.17. The van der Waals surface area contributed by atoms with Crippen molar-refractivity contribution in [2.24, 2.45) is 0 Å². The zero-order valence-corrected chi connectivity index (χ0v) is 9.84. The van der Waals surface area contributed by atoms with Gasteiger partial charge in [-0.15, -0.1) is 0 Å². The van der Waals surface area contributed by atoms with Gasteiger partial charge in [0, 0.05) is 13.6 Å². The molecule has 6 heteroatoms. The summed E-state index contributed by atoms with van der Waals surface area (Å²) in [6.07, 6.45) is -0.537. The van der Waals surface area contributed by atoms with Crippen LogP contribution in [-0.2, 0) is 0 Å². The molecule has 0 aliphatic carbocycles. The van der Waals surface area contributed by atoms with Crippen molar-refractivity contribution in [1.82, 2.24) is 9.88 Å². The highest BCUT2D eigenvalue weighted by Crippen LogP contribution is 2.20. The van der Waals surface area contributed by atoms with Gasteiger partial charge in [0.2, 0.25) is 0 Å². The number of hydrogen-bond donors (Lipinski definition) is 2. The maximum absolute atomic E-state index is 11.8. The fourth-order valence-electron chi connectivity index (χ4n) is 1.27. The molecule has 0 bridgehead atoms. The van der Waals surface area contributed by atoms with Crippen LogP contribution >= 0.6 is 11.3 Å². The lowest BCUT2D eigenvalue weighted by atomic mass is 10.3. The van der Waals surface area contributed by atoms with E-state index in [4.69, 9.17) is 10.8 Å². The second-order valence-corrected chi connectivity index (χ2v) is 4.53. The van der Waals surface area contributed by atoms with Gasteiger partial charge in [0.25, 0.3) is 5.91 Å². The van der Waals surface area contributed by atoms with Gasteiger partial charge in [-0.1, -0.05) is 11.3 Å². The average molecular weight is 229 g/mol. The highest BCUT2D eigenvalue weighted by Gasteiger charge is 2.18. The lowest BCUT2D eigenvalue weighted by Crippen LogP contribution is -2.32. The van der Waals surface area contributed by atoms with Crippen molar-refractivity contribution < 1.29 is 9.90 Å². The van der Waals surface area contributed by atoms with Gasteiger partial charge in [-0.25, -0.2) is 4.98 Å². The predicted octanol–water partition coefficient (Wildman–Crippen LogP) is 0.487. The summed E-state index contributed by atoms with van der Waals surface area (Å²) in [6.45, 7) is 3.68. The Morgan fingerprint density at radius 1 is 1.73 bits per heavy atom. The minimum Gasteiger partial charge on any atom is -0.392 e. The van der Waals surface area contributed by atoms with Crippen LogP contribution in [0, 0.1) is 6.92 Å². The van der Waals surface area contributed by atoms with Crippen molar-refractivity contribution in [2.45, 2.75) is 20.0 Å². The number of nitrogens with zero attached hydrogens (tertiary/aromatic N) is 2. The van der Waals surface area contributed by atoms with Crippen LogP contribution in [0.2, 0.25) is 0 Å². The number of nitrogens with two attached hydrogens (primary N) is 1. The molecule has 1 unspecified atom stereocenters. The van der Waals surface area contributed by atoms with E-state index in [2.05, 4.69) is 4.98 Å². The normalized spacial score (nSPS) is 12.5. The summed E-state index contributed by atoms with van der Waals surface area (Å²) in [5.74, 6) is -0.150. The predicted molar refractivity (Wildman–Crippen MR) is 59.9 cm³/mol. The zero-order chi connectivity index (χ0) is 11.6. The number of anilines is 1. The van der Waals surface area contributed by atoms with Crippen molar-refractivity contribution >= 4 is 22.4 Å². The third kappa shape index (κ3) is 2.90. The Balaban J connectivity index is 2.80. The van der Waals surface area contributed by atoms with Crippen molar-refractivity contribution in [1.29, 1.82) is 0 Å². The lowest BCUT2D eigenvalue weighted by molar-refractivity contribution is 0.0707. The van der Waals surface area contributed by atoms with Crippen molar-refractivity contribution in [2.75, 3.05) is 19.3 Å². The standard InChI is InChI=1S/C9H15N3O2S/c1-5(13)4-12(3)8(14)7-6(2)11-9(10)15-7/h5,13H,4H2,1-3H3,(H2,10,11). The van der Waals surface area contributed by atoms with Gasteiger partial charge < -0.3 is 15.7 Å². The van der Waals surface area contributed by atoms with Gasteiger partial charge in [-0.3, -0.25) is 4.79 Å². The molecule has 0 fully saturated rings. The van der Waals surface area contributed by atoms with Gasteiger partial charge >= 0.3 is 0 Å². The lowest BCUT2D eigenvalue weighted by Gasteiger charge is -2.17. The SMILES string of the molecule is Cc1nc(N)sc1C(=O)N(C)CC(C)O. The van der Waals surface area contributed by atoms with Crippen LogP contribution in [0.4, 0.5) is 5.13 Å². The van der Waals surface area contributed by atoms with Crippen LogP contribution in [-0.4, -0.2) is 40.6 Å². The first kappa shape index (κ1) is 11.9. The van der Waals surface area contributed by atoms with E-state index in [9.17, 15) is 4.79 Å². The molecule has 15 heavy (non-hydrogen) atoms. The Labute approximate surface area is 92.5 Å². The van der Waals surface area contributed by atoms with E-state index >= 15 is 0 Å². The number of aliphatic hydroxyl groups is 1. The number of likely N-dealkylation sites (N-methyl/N-ethyl adjacent to an activating group) is 1. The van der Waals surface area contributed by atoms with Crippen molar-refractivity contribution in [3.05, 3.63) is 10.6 Å². The highest BCUT2D eigenvalue weighted by molar-refractivity contribution is 7.17. The molecule has 0 aliphatic rings. The Morgan fingerprint density at radius 3 is 2.73 bits per heavy atom. The zero-order valence-electron chi connectivity index (χ0n) is 9.02. The second-order valence-electron chi connectivity index (χ2n) is 3.50. The molecule has 0 spiro atoms. The molecule has 1 aromatic rings. The van der Waals surface area contributed by atoms with Gasteiger partial charge in [0.1, 0.15) is 4.88 Å². The minimum atomic E-state index is -0.537. The van der Waals surface area contributed by atoms with E-state index in [1.807, 2.05) is 0 Å². The third-order valence-electron chi connectivity index (χ3n) is 1.89. The Bertz CT molecular complexity index is 362. The first-order valence-electron chi connectivity index (χ1n) is 4.58. The van der Waals surface area contributed by atoms with Gasteiger partial charge in [-0.2, -0.15) is 0 Å². The van der Waals surface area contributed by atoms with Crippen LogP contribution in [0.5, 0.6) is 0 Å². The molecule has 1 atom stereocenters. The maximum Gasteiger partial charge on any atom is 0.265 e. The molecule has 0 saturated carbocycles. The van der Waals surface area contributed by atoms with Crippen LogP contribution in [0.1, 0.15) is 22.3 Å². The maximum atomic E-state index is 11.8. The molecule has 1 rings (SSSR count). The Kier molecular flexibility index (Phi) is 3.65. The van der Waals surface area contributed by atoms with Gasteiger partial charge in [-0.05, 0) is 13.8 Å². The number of carbonyl (C=O) groups is 1. The average Bonchev–Trinajstić information content (AvgIpc) is 2.42. The molecule has 3 N–H and O–H groups in total. The molecular formula is C9H15N3O2S. The Hall–Kier alpha value is -1.14. The van der Waals surface area contributed by atoms with E-state index < -0.39 is 6.10 Å². The fourth-order valence-corrected chi connectivity index (χ4v) is 2.10. The van der Waals surface area contributed by atoms with E-state index in [0.29, 0.717) is 22.2 Å². The number of nitrogen functional groups attached to an aromatic ring is 1. The quantitative estimate of drug-likeness (QED) is 0.790. The van der Waals surface area contributed by atoms with Crippen LogP contribution < -0.4 is 5.73 Å². The molecule has 1 amide bonds. The number of carbonyl (C=O) groups excluding carboxylic acids is 1. The number of aromatic nitrogens is 1. The largest absolute Gasteiger partial charge is 0.392 e. The molecule has 84 valence electrons. The third-order valence-corrected chi connectivity index (χ3v) is 2.87. The summed E-state index contributed by atoms with van der Waals surface area (Å²) in [5.41, 5.74) is 6.14. The van der Waals surface area contributed by atoms with E-state index in [1.165, 1.54) is 16.2 Å². The molecule has 5 nitrogen and oxygen atoms in total. The molecule has 0 aliphatic heterocycles. The van der Waals surface area contributed by atoms with Crippen LogP contribution in [0.25, 0.3) is 0 Å². The Morgan fingerprint density at radius 2 is 2.33 bits per heavy atom. The summed E-state index contributed by atoms with van der Waals surface area (Å²) in [6, 6.07) is 0. The van der Waals surface area contributed by atoms with Gasteiger partial charge in [0.15, 0.2) is 5.13 Å². The van der Waals surface area contributed by atoms with Crippen LogP contribution in [0.3, 0.4) is 0 Å². The number of rotatable bonds is 3. The van der Waals surface area contributed by atoms with Crippen molar-refractivity contribution in [3.8, 4) is 0 Å². The molecule has 0 radical (unpaired) electrons. The number of aryl methyl sites for hydroxylation is 1. The second kappa shape index (κ2) is 4.59. The van der Waals surface area contributed by atoms with E-state index in [0.717, 1.165) is 0 Å². The molecular weight excluding hydrogens is 214 g/mol. The molecule has 1 aromatic heterocycles. The van der Waals surface area contributed by atoms with Gasteiger partial charge in [0.05, 0.1) is 11.8 Å². The molecule has 1 heterocycles. The van der Waals surface area contributed by atoms with Crippen LogP contribution in [0.15, 0.2) is 0 Å². The monoisotopic (exact) mass is 229 g/mol.